The van der Waals surface area contributed by atoms with Crippen LogP contribution >= 0.6 is 0 Å². The third kappa shape index (κ3) is 1.98. The molecule has 0 spiro atoms. The van der Waals surface area contributed by atoms with E-state index >= 15 is 0 Å². The molecule has 108 valence electrons. The summed E-state index contributed by atoms with van der Waals surface area (Å²) in [7, 11) is 0. The fourth-order valence-electron chi connectivity index (χ4n) is 2.70. The highest BCUT2D eigenvalue weighted by Crippen LogP contribution is 2.12. The van der Waals surface area contributed by atoms with Crippen LogP contribution < -0.4 is 5.56 Å². The lowest BCUT2D eigenvalue weighted by Gasteiger charge is -2.09. The minimum absolute atomic E-state index is 0.0734. The maximum Gasteiger partial charge on any atom is 0.272 e. The predicted molar refractivity (Wildman–Crippen MR) is 85.0 cm³/mol. The molecule has 0 saturated heterocycles. The third-order valence-corrected chi connectivity index (χ3v) is 3.75. The number of nitrogens with zero attached hydrogens (tertiary/aromatic N) is 4. The first-order valence-electron chi connectivity index (χ1n) is 7.11. The largest absolute Gasteiger partial charge is 0.307 e. The van der Waals surface area contributed by atoms with Gasteiger partial charge in [-0.2, -0.15) is 0 Å². The minimum atomic E-state index is -0.0734. The first-order chi connectivity index (χ1) is 10.7. The van der Waals surface area contributed by atoms with Crippen LogP contribution in [0.5, 0.6) is 0 Å². The zero-order valence-corrected chi connectivity index (χ0v) is 12.1. The molecule has 0 bridgehead atoms. The van der Waals surface area contributed by atoms with Gasteiger partial charge in [0.2, 0.25) is 0 Å². The number of rotatable bonds is 2. The topological polar surface area (TPSA) is 52.2 Å². The first kappa shape index (κ1) is 12.8. The van der Waals surface area contributed by atoms with Gasteiger partial charge in [-0.1, -0.05) is 18.2 Å². The monoisotopic (exact) mass is 290 g/mol. The van der Waals surface area contributed by atoms with Crippen LogP contribution in [0.3, 0.4) is 0 Å². The van der Waals surface area contributed by atoms with Crippen LogP contribution in [-0.2, 0) is 6.54 Å². The van der Waals surface area contributed by atoms with Gasteiger partial charge in [-0.05, 0) is 31.2 Å². The zero-order chi connectivity index (χ0) is 15.1. The number of para-hydroxylation sites is 2. The molecule has 22 heavy (non-hydrogen) atoms. The zero-order valence-electron chi connectivity index (χ0n) is 12.1. The minimum Gasteiger partial charge on any atom is -0.307 e. The highest BCUT2D eigenvalue weighted by molar-refractivity contribution is 5.74. The van der Waals surface area contributed by atoms with Crippen molar-refractivity contribution in [2.45, 2.75) is 13.5 Å². The van der Waals surface area contributed by atoms with E-state index in [0.717, 1.165) is 22.4 Å². The number of fused-ring (bicyclic) bond motifs is 2. The molecule has 0 aliphatic heterocycles. The van der Waals surface area contributed by atoms with Crippen LogP contribution in [-0.4, -0.2) is 18.9 Å². The second kappa shape index (κ2) is 4.80. The summed E-state index contributed by atoms with van der Waals surface area (Å²) in [5, 5.41) is 0. The summed E-state index contributed by atoms with van der Waals surface area (Å²) in [6.07, 6.45) is 3.90. The van der Waals surface area contributed by atoms with Gasteiger partial charge < -0.3 is 4.40 Å². The van der Waals surface area contributed by atoms with E-state index in [-0.39, 0.29) is 5.56 Å². The molecule has 5 heteroatoms. The molecule has 1 aromatic carbocycles. The number of hydrogen-bond acceptors (Lipinski definition) is 3. The van der Waals surface area contributed by atoms with Crippen molar-refractivity contribution in [3.63, 3.8) is 0 Å². The first-order valence-corrected chi connectivity index (χ1v) is 7.11. The average molecular weight is 290 g/mol. The summed E-state index contributed by atoms with van der Waals surface area (Å²) in [4.78, 5) is 21.4. The number of aromatic nitrogens is 4. The van der Waals surface area contributed by atoms with Gasteiger partial charge in [-0.25, -0.2) is 9.97 Å². The van der Waals surface area contributed by atoms with Gasteiger partial charge >= 0.3 is 0 Å². The van der Waals surface area contributed by atoms with Crippen LogP contribution in [0.15, 0.2) is 59.7 Å². The Kier molecular flexibility index (Phi) is 2.79. The van der Waals surface area contributed by atoms with Gasteiger partial charge in [-0.3, -0.25) is 9.36 Å². The number of hydrogen-bond donors (Lipinski definition) is 0. The lowest BCUT2D eigenvalue weighted by atomic mass is 10.2. The van der Waals surface area contributed by atoms with Crippen molar-refractivity contribution in [2.24, 2.45) is 0 Å². The summed E-state index contributed by atoms with van der Waals surface area (Å²) in [5.41, 5.74) is 3.81. The molecule has 0 N–H and O–H groups in total. The Balaban J connectivity index is 1.90. The number of aryl methyl sites for hydroxylation is 1. The summed E-state index contributed by atoms with van der Waals surface area (Å²) < 4.78 is 3.69. The summed E-state index contributed by atoms with van der Waals surface area (Å²) >= 11 is 0. The van der Waals surface area contributed by atoms with E-state index < -0.39 is 0 Å². The van der Waals surface area contributed by atoms with Crippen LogP contribution in [0.2, 0.25) is 0 Å². The molecule has 5 nitrogen and oxygen atoms in total. The van der Waals surface area contributed by atoms with Gasteiger partial charge in [-0.15, -0.1) is 0 Å². The van der Waals surface area contributed by atoms with Gasteiger partial charge in [0.05, 0.1) is 23.3 Å². The molecular weight excluding hydrogens is 276 g/mol. The smallest absolute Gasteiger partial charge is 0.272 e. The van der Waals surface area contributed by atoms with Gasteiger partial charge in [0.25, 0.3) is 5.56 Å². The van der Waals surface area contributed by atoms with E-state index in [4.69, 9.17) is 0 Å². The average Bonchev–Trinajstić information content (AvgIpc) is 2.94. The Bertz CT molecular complexity index is 1010. The molecule has 0 fully saturated rings. The molecule has 0 saturated carbocycles. The van der Waals surface area contributed by atoms with Crippen molar-refractivity contribution in [1.82, 2.24) is 18.9 Å². The highest BCUT2D eigenvalue weighted by atomic mass is 16.1. The normalized spacial score (nSPS) is 11.3. The van der Waals surface area contributed by atoms with Crippen LogP contribution in [0, 0.1) is 6.92 Å². The molecule has 3 heterocycles. The Hall–Kier alpha value is -2.95. The molecule has 0 aliphatic carbocycles. The molecule has 4 aromatic rings. The van der Waals surface area contributed by atoms with Crippen LogP contribution in [0.1, 0.15) is 11.4 Å². The van der Waals surface area contributed by atoms with Gasteiger partial charge in [0.15, 0.2) is 0 Å². The lowest BCUT2D eigenvalue weighted by molar-refractivity contribution is 0.761. The van der Waals surface area contributed by atoms with E-state index in [1.807, 2.05) is 59.3 Å². The fourth-order valence-corrected chi connectivity index (χ4v) is 2.70. The van der Waals surface area contributed by atoms with Crippen LogP contribution in [0.25, 0.3) is 16.7 Å². The maximum absolute atomic E-state index is 12.5. The molecule has 4 rings (SSSR count). The standard InChI is InChI=1S/C17H14N4O/c1-12-17(22)21(15-7-3-2-6-14(15)18-12)11-13-10-20-9-5-4-8-16(20)19-13/h2-10H,11H2,1H3. The van der Waals surface area contributed by atoms with E-state index in [1.165, 1.54) is 0 Å². The fraction of sp³-hybridized carbons (Fsp3) is 0.118. The van der Waals surface area contributed by atoms with Crippen molar-refractivity contribution in [2.75, 3.05) is 0 Å². The molecule has 0 aliphatic rings. The number of pyridine rings is 1. The van der Waals surface area contributed by atoms with Crippen molar-refractivity contribution >= 4 is 16.7 Å². The molecule has 0 unspecified atom stereocenters. The van der Waals surface area contributed by atoms with E-state index in [9.17, 15) is 4.79 Å². The van der Waals surface area contributed by atoms with Crippen molar-refractivity contribution in [3.8, 4) is 0 Å². The maximum atomic E-state index is 12.5. The Morgan fingerprint density at radius 3 is 2.73 bits per heavy atom. The Morgan fingerprint density at radius 2 is 1.86 bits per heavy atom. The molecular formula is C17H14N4O. The summed E-state index contributed by atoms with van der Waals surface area (Å²) in [5.74, 6) is 0. The third-order valence-electron chi connectivity index (χ3n) is 3.75. The second-order valence-corrected chi connectivity index (χ2v) is 5.28. The highest BCUT2D eigenvalue weighted by Gasteiger charge is 2.10. The summed E-state index contributed by atoms with van der Waals surface area (Å²) in [6.45, 7) is 2.18. The van der Waals surface area contributed by atoms with Gasteiger partial charge in [0.1, 0.15) is 11.3 Å². The van der Waals surface area contributed by atoms with Crippen molar-refractivity contribution in [1.29, 1.82) is 0 Å². The SMILES string of the molecule is Cc1nc2ccccc2n(Cc2cn3ccccc3n2)c1=O. The Labute approximate surface area is 126 Å². The molecule has 0 atom stereocenters. The number of benzene rings is 1. The van der Waals surface area contributed by atoms with E-state index in [0.29, 0.717) is 12.2 Å². The Morgan fingerprint density at radius 1 is 1.05 bits per heavy atom. The molecule has 0 amide bonds. The number of imidazole rings is 1. The second-order valence-electron chi connectivity index (χ2n) is 5.28. The molecule has 3 aromatic heterocycles. The molecule has 0 radical (unpaired) electrons. The predicted octanol–water partition coefficient (Wildman–Crippen LogP) is 2.40. The van der Waals surface area contributed by atoms with E-state index in [1.54, 1.807) is 11.5 Å². The van der Waals surface area contributed by atoms with E-state index in [2.05, 4.69) is 9.97 Å². The van der Waals surface area contributed by atoms with Crippen LogP contribution in [0.4, 0.5) is 0 Å². The summed E-state index contributed by atoms with van der Waals surface area (Å²) in [6, 6.07) is 13.5. The van der Waals surface area contributed by atoms with Crippen molar-refractivity contribution in [3.05, 3.63) is 76.6 Å². The quantitative estimate of drug-likeness (QED) is 0.569. The lowest BCUT2D eigenvalue weighted by Crippen LogP contribution is -2.24. The van der Waals surface area contributed by atoms with Crippen molar-refractivity contribution < 1.29 is 0 Å². The van der Waals surface area contributed by atoms with Gasteiger partial charge in [0, 0.05) is 12.4 Å².